The summed E-state index contributed by atoms with van der Waals surface area (Å²) >= 11 is 0. The smallest absolute Gasteiger partial charge is 0.302 e. The Labute approximate surface area is 110 Å². The highest BCUT2D eigenvalue weighted by molar-refractivity contribution is 7.33. The maximum absolute atomic E-state index is 11.7. The molecule has 0 aromatic rings. The van der Waals surface area contributed by atoms with Crippen molar-refractivity contribution in [1.82, 2.24) is 0 Å². The standard InChI is InChI=1S/C12H24N2O3P/c13-11(9-5-1-2-6-9)16-18(15)17-12(14)10-7-3-4-8-10/h9-12H,1-8,13-14H2/q+1. The molecule has 5 nitrogen and oxygen atoms in total. The first-order chi connectivity index (χ1) is 8.66. The molecule has 2 rings (SSSR count). The molecule has 0 aliphatic heterocycles. The van der Waals surface area contributed by atoms with E-state index in [0.717, 1.165) is 25.7 Å². The Morgan fingerprint density at radius 2 is 1.17 bits per heavy atom. The molecule has 0 bridgehead atoms. The van der Waals surface area contributed by atoms with E-state index in [0.29, 0.717) is 11.8 Å². The Morgan fingerprint density at radius 1 is 0.833 bits per heavy atom. The predicted octanol–water partition coefficient (Wildman–Crippen LogP) is 2.63. The van der Waals surface area contributed by atoms with Crippen molar-refractivity contribution in [2.75, 3.05) is 0 Å². The van der Waals surface area contributed by atoms with Crippen LogP contribution in [0.5, 0.6) is 0 Å². The fraction of sp³-hybridized carbons (Fsp3) is 1.00. The van der Waals surface area contributed by atoms with Gasteiger partial charge in [0.1, 0.15) is 0 Å². The van der Waals surface area contributed by atoms with Crippen molar-refractivity contribution in [1.29, 1.82) is 0 Å². The second-order valence-electron chi connectivity index (χ2n) is 5.45. The van der Waals surface area contributed by atoms with Gasteiger partial charge < -0.3 is 11.5 Å². The largest absolute Gasteiger partial charge is 0.700 e. The fourth-order valence-corrected chi connectivity index (χ4v) is 3.76. The minimum atomic E-state index is -2.19. The molecule has 0 amide bonds. The molecule has 2 saturated carbocycles. The Kier molecular flexibility index (Phi) is 5.52. The van der Waals surface area contributed by atoms with Crippen molar-refractivity contribution in [3.8, 4) is 0 Å². The van der Waals surface area contributed by atoms with Crippen LogP contribution in [-0.4, -0.2) is 12.5 Å². The van der Waals surface area contributed by atoms with Crippen molar-refractivity contribution in [3.63, 3.8) is 0 Å². The van der Waals surface area contributed by atoms with Crippen molar-refractivity contribution in [2.24, 2.45) is 23.3 Å². The summed E-state index contributed by atoms with van der Waals surface area (Å²) in [6.45, 7) is 0. The molecule has 6 heteroatoms. The van der Waals surface area contributed by atoms with Crippen LogP contribution >= 0.6 is 8.25 Å². The summed E-state index contributed by atoms with van der Waals surface area (Å²) in [5.74, 6) is 0.630. The summed E-state index contributed by atoms with van der Waals surface area (Å²) < 4.78 is 22.2. The topological polar surface area (TPSA) is 87.6 Å². The highest BCUT2D eigenvalue weighted by atomic mass is 31.1. The third-order valence-electron chi connectivity index (χ3n) is 4.14. The summed E-state index contributed by atoms with van der Waals surface area (Å²) in [4.78, 5) is 0. The van der Waals surface area contributed by atoms with Gasteiger partial charge in [0.2, 0.25) is 0 Å². The zero-order chi connectivity index (χ0) is 13.0. The lowest BCUT2D eigenvalue weighted by Crippen LogP contribution is -2.32. The molecule has 18 heavy (non-hydrogen) atoms. The van der Waals surface area contributed by atoms with Crippen molar-refractivity contribution >= 4 is 8.25 Å². The SMILES string of the molecule is NC(O[P+](=O)OC(N)C1CCCC1)C1CCCC1. The van der Waals surface area contributed by atoms with Gasteiger partial charge in [0.25, 0.3) is 0 Å². The van der Waals surface area contributed by atoms with E-state index in [1.807, 2.05) is 0 Å². The molecule has 2 fully saturated rings. The number of nitrogens with two attached hydrogens (primary N) is 2. The number of hydrogen-bond acceptors (Lipinski definition) is 5. The van der Waals surface area contributed by atoms with Crippen molar-refractivity contribution in [2.45, 2.75) is 63.8 Å². The van der Waals surface area contributed by atoms with Gasteiger partial charge in [-0.05, 0) is 25.7 Å². The highest BCUT2D eigenvalue weighted by Gasteiger charge is 2.36. The van der Waals surface area contributed by atoms with Crippen LogP contribution in [0.25, 0.3) is 0 Å². The van der Waals surface area contributed by atoms with Crippen LogP contribution in [0.2, 0.25) is 0 Å². The summed E-state index contributed by atoms with van der Waals surface area (Å²) in [5, 5.41) is 0. The molecule has 0 saturated heterocycles. The first-order valence-corrected chi connectivity index (χ1v) is 8.08. The zero-order valence-electron chi connectivity index (χ0n) is 10.8. The second-order valence-corrected chi connectivity index (χ2v) is 6.32. The Bertz CT molecular complexity index is 252. The Morgan fingerprint density at radius 3 is 1.50 bits per heavy atom. The van der Waals surface area contributed by atoms with Gasteiger partial charge in [0.05, 0.1) is 0 Å². The molecule has 0 spiro atoms. The van der Waals surface area contributed by atoms with Crippen LogP contribution in [-0.2, 0) is 13.6 Å². The van der Waals surface area contributed by atoms with E-state index in [-0.39, 0.29) is 0 Å². The molecule has 2 atom stereocenters. The quantitative estimate of drug-likeness (QED) is 0.574. The average Bonchev–Trinajstić information content (AvgIpc) is 3.02. The fourth-order valence-electron chi connectivity index (χ4n) is 2.97. The van der Waals surface area contributed by atoms with Gasteiger partial charge in [0.15, 0.2) is 12.5 Å². The van der Waals surface area contributed by atoms with Crippen LogP contribution < -0.4 is 11.5 Å². The molecule has 4 N–H and O–H groups in total. The van der Waals surface area contributed by atoms with Gasteiger partial charge in [-0.2, -0.15) is 0 Å². The van der Waals surface area contributed by atoms with Crippen LogP contribution in [0.4, 0.5) is 0 Å². The predicted molar refractivity (Wildman–Crippen MR) is 69.6 cm³/mol. The summed E-state index contributed by atoms with van der Waals surface area (Å²) in [5.41, 5.74) is 11.8. The lowest BCUT2D eigenvalue weighted by molar-refractivity contribution is 0.0812. The second kappa shape index (κ2) is 6.92. The third-order valence-corrected chi connectivity index (χ3v) is 4.98. The lowest BCUT2D eigenvalue weighted by Gasteiger charge is -2.14. The summed E-state index contributed by atoms with van der Waals surface area (Å²) in [6.07, 6.45) is 7.98. The Balaban J connectivity index is 1.70. The molecular weight excluding hydrogens is 251 g/mol. The minimum absolute atomic E-state index is 0.315. The molecular formula is C12H24N2O3P+. The van der Waals surface area contributed by atoms with Gasteiger partial charge in [-0.1, -0.05) is 34.7 Å². The average molecular weight is 275 g/mol. The van der Waals surface area contributed by atoms with Gasteiger partial charge >= 0.3 is 8.25 Å². The zero-order valence-corrected chi connectivity index (χ0v) is 11.7. The monoisotopic (exact) mass is 275 g/mol. The van der Waals surface area contributed by atoms with Gasteiger partial charge in [-0.3, -0.25) is 0 Å². The molecule has 0 aromatic carbocycles. The van der Waals surface area contributed by atoms with Crippen LogP contribution in [0, 0.1) is 11.8 Å². The molecule has 0 aromatic heterocycles. The first-order valence-electron chi connectivity index (χ1n) is 6.99. The van der Waals surface area contributed by atoms with E-state index in [1.54, 1.807) is 0 Å². The normalized spacial score (nSPS) is 26.4. The van der Waals surface area contributed by atoms with E-state index in [4.69, 9.17) is 20.5 Å². The van der Waals surface area contributed by atoms with Gasteiger partial charge in [-0.25, -0.2) is 0 Å². The lowest BCUT2D eigenvalue weighted by atomic mass is 10.1. The summed E-state index contributed by atoms with van der Waals surface area (Å²) in [6, 6.07) is 0. The van der Waals surface area contributed by atoms with Crippen LogP contribution in [0.15, 0.2) is 0 Å². The van der Waals surface area contributed by atoms with E-state index in [2.05, 4.69) is 0 Å². The van der Waals surface area contributed by atoms with E-state index in [1.165, 1.54) is 25.7 Å². The highest BCUT2D eigenvalue weighted by Crippen LogP contribution is 2.36. The molecule has 104 valence electrons. The van der Waals surface area contributed by atoms with Crippen LogP contribution in [0.1, 0.15) is 51.4 Å². The third kappa shape index (κ3) is 3.97. The van der Waals surface area contributed by atoms with E-state index in [9.17, 15) is 4.57 Å². The first kappa shape index (κ1) is 14.4. The number of rotatable bonds is 6. The maximum Gasteiger partial charge on any atom is 0.700 e. The van der Waals surface area contributed by atoms with E-state index >= 15 is 0 Å². The molecule has 2 unspecified atom stereocenters. The van der Waals surface area contributed by atoms with Crippen molar-refractivity contribution in [3.05, 3.63) is 0 Å². The van der Waals surface area contributed by atoms with E-state index < -0.39 is 20.7 Å². The number of hydrogen-bond donors (Lipinski definition) is 2. The molecule has 0 radical (unpaired) electrons. The molecule has 2 aliphatic rings. The Hall–Kier alpha value is -0.0600. The van der Waals surface area contributed by atoms with Crippen molar-refractivity contribution < 1.29 is 13.6 Å². The molecule has 0 heterocycles. The van der Waals surface area contributed by atoms with Gasteiger partial charge in [0, 0.05) is 16.4 Å². The van der Waals surface area contributed by atoms with Gasteiger partial charge in [-0.15, -0.1) is 0 Å². The van der Waals surface area contributed by atoms with Crippen LogP contribution in [0.3, 0.4) is 0 Å². The molecule has 2 aliphatic carbocycles. The maximum atomic E-state index is 11.7. The summed E-state index contributed by atoms with van der Waals surface area (Å²) in [7, 11) is -2.19. The minimum Gasteiger partial charge on any atom is -0.302 e.